The van der Waals surface area contributed by atoms with Gasteiger partial charge in [-0.1, -0.05) is 18.2 Å². The first kappa shape index (κ1) is 8.53. The van der Waals surface area contributed by atoms with Crippen molar-refractivity contribution in [2.24, 2.45) is 0 Å². The average Bonchev–Trinajstić information content (AvgIpc) is 2.18. The smallest absolute Gasteiger partial charge is 0.168 e. The highest BCUT2D eigenvalue weighted by Crippen LogP contribution is 2.24. The molecule has 0 spiro atoms. The Morgan fingerprint density at radius 2 is 2.31 bits per heavy atom. The molecular weight excluding hydrogens is 166 g/mol. The van der Waals surface area contributed by atoms with Crippen molar-refractivity contribution in [1.29, 1.82) is 0 Å². The number of fused-ring (bicyclic) bond motifs is 1. The number of hydrogen-bond donors (Lipinski definition) is 1. The number of nitrogens with one attached hydrogen (secondary N) is 1. The third kappa shape index (κ3) is 1.82. The third-order valence-electron chi connectivity index (χ3n) is 2.00. The van der Waals surface area contributed by atoms with Crippen molar-refractivity contribution in [3.8, 4) is 5.75 Å². The summed E-state index contributed by atoms with van der Waals surface area (Å²) in [6.07, 6.45) is 0.749. The fourth-order valence-electron chi connectivity index (χ4n) is 1.36. The molecule has 1 atom stereocenters. The van der Waals surface area contributed by atoms with Gasteiger partial charge in [0.15, 0.2) is 12.0 Å². The number of rotatable bonds is 2. The number of hydrogen-bond acceptors (Lipinski definition) is 3. The molecule has 1 aliphatic rings. The van der Waals surface area contributed by atoms with E-state index in [0.717, 1.165) is 12.2 Å². The SMILES string of the molecule is [CH2]CNC1Cc2ccccc2OO1. The molecule has 69 valence electrons. The maximum absolute atomic E-state index is 5.10. The maximum Gasteiger partial charge on any atom is 0.168 e. The Morgan fingerprint density at radius 3 is 3.15 bits per heavy atom. The lowest BCUT2D eigenvalue weighted by atomic mass is 10.1. The topological polar surface area (TPSA) is 30.5 Å². The van der Waals surface area contributed by atoms with E-state index in [1.807, 2.05) is 24.3 Å². The fraction of sp³-hybridized carbons (Fsp3) is 0.300. The van der Waals surface area contributed by atoms with Gasteiger partial charge in [0.05, 0.1) is 0 Å². The maximum atomic E-state index is 5.10. The molecule has 0 aromatic heterocycles. The van der Waals surface area contributed by atoms with Crippen molar-refractivity contribution in [3.05, 3.63) is 36.8 Å². The van der Waals surface area contributed by atoms with Crippen molar-refractivity contribution in [1.82, 2.24) is 5.32 Å². The van der Waals surface area contributed by atoms with Crippen molar-refractivity contribution in [2.75, 3.05) is 6.54 Å². The van der Waals surface area contributed by atoms with Gasteiger partial charge in [0.2, 0.25) is 0 Å². The van der Waals surface area contributed by atoms with Gasteiger partial charge in [0.25, 0.3) is 0 Å². The van der Waals surface area contributed by atoms with Gasteiger partial charge >= 0.3 is 0 Å². The first-order valence-corrected chi connectivity index (χ1v) is 4.34. The second-order valence-corrected chi connectivity index (χ2v) is 2.93. The highest BCUT2D eigenvalue weighted by atomic mass is 17.2. The zero-order valence-electron chi connectivity index (χ0n) is 7.32. The van der Waals surface area contributed by atoms with Gasteiger partial charge in [0.1, 0.15) is 0 Å². The first-order valence-electron chi connectivity index (χ1n) is 4.34. The van der Waals surface area contributed by atoms with Crippen molar-refractivity contribution < 1.29 is 9.78 Å². The molecule has 1 aromatic rings. The van der Waals surface area contributed by atoms with Crippen LogP contribution in [0, 0.1) is 6.92 Å². The summed E-state index contributed by atoms with van der Waals surface area (Å²) >= 11 is 0. The third-order valence-corrected chi connectivity index (χ3v) is 2.00. The van der Waals surface area contributed by atoms with Crippen LogP contribution in [0.1, 0.15) is 5.56 Å². The van der Waals surface area contributed by atoms with Gasteiger partial charge in [0, 0.05) is 12.0 Å². The van der Waals surface area contributed by atoms with Crippen LogP contribution in [-0.4, -0.2) is 12.8 Å². The molecule has 0 amide bonds. The van der Waals surface area contributed by atoms with Gasteiger partial charge in [-0.3, -0.25) is 5.32 Å². The highest BCUT2D eigenvalue weighted by molar-refractivity contribution is 5.34. The summed E-state index contributed by atoms with van der Waals surface area (Å²) in [7, 11) is 0. The van der Waals surface area contributed by atoms with E-state index in [0.29, 0.717) is 6.54 Å². The van der Waals surface area contributed by atoms with Gasteiger partial charge in [-0.25, -0.2) is 0 Å². The molecule has 2 rings (SSSR count). The number of benzene rings is 1. The number of para-hydroxylation sites is 1. The molecule has 1 aliphatic heterocycles. The summed E-state index contributed by atoms with van der Waals surface area (Å²) < 4.78 is 0. The molecule has 0 fully saturated rings. The molecule has 1 unspecified atom stereocenters. The van der Waals surface area contributed by atoms with Crippen LogP contribution in [0.25, 0.3) is 0 Å². The Bertz CT molecular complexity index is 288. The van der Waals surface area contributed by atoms with Crippen LogP contribution in [0.5, 0.6) is 5.75 Å². The predicted octanol–water partition coefficient (Wildman–Crippen LogP) is 1.30. The molecule has 1 heterocycles. The fourth-order valence-corrected chi connectivity index (χ4v) is 1.36. The monoisotopic (exact) mass is 178 g/mol. The van der Waals surface area contributed by atoms with E-state index < -0.39 is 0 Å². The highest BCUT2D eigenvalue weighted by Gasteiger charge is 2.19. The summed E-state index contributed by atoms with van der Waals surface area (Å²) in [5.74, 6) is 0.810. The van der Waals surface area contributed by atoms with Crippen LogP contribution in [-0.2, 0) is 11.3 Å². The van der Waals surface area contributed by atoms with E-state index >= 15 is 0 Å². The molecule has 3 heteroatoms. The zero-order valence-corrected chi connectivity index (χ0v) is 7.32. The van der Waals surface area contributed by atoms with E-state index in [4.69, 9.17) is 9.78 Å². The second-order valence-electron chi connectivity index (χ2n) is 2.93. The normalized spacial score (nSPS) is 20.5. The average molecular weight is 178 g/mol. The van der Waals surface area contributed by atoms with Crippen molar-refractivity contribution in [2.45, 2.75) is 12.6 Å². The molecule has 0 bridgehead atoms. The van der Waals surface area contributed by atoms with E-state index in [9.17, 15) is 0 Å². The second kappa shape index (κ2) is 3.77. The molecule has 13 heavy (non-hydrogen) atoms. The standard InChI is InChI=1S/C10H12NO2/c1-2-11-10-7-8-5-3-4-6-9(8)12-13-10/h3-6,10-11H,1-2,7H2. The lowest BCUT2D eigenvalue weighted by molar-refractivity contribution is -0.262. The van der Waals surface area contributed by atoms with Gasteiger partial charge in [-0.2, -0.15) is 4.89 Å². The van der Waals surface area contributed by atoms with Gasteiger partial charge in [-0.05, 0) is 19.5 Å². The minimum absolute atomic E-state index is 0.0765. The Hall–Kier alpha value is -1.06. The van der Waals surface area contributed by atoms with Crippen LogP contribution in [0.15, 0.2) is 24.3 Å². The predicted molar refractivity (Wildman–Crippen MR) is 49.0 cm³/mol. The van der Waals surface area contributed by atoms with Gasteiger partial charge in [-0.15, -0.1) is 0 Å². The van der Waals surface area contributed by atoms with Gasteiger partial charge < -0.3 is 4.89 Å². The van der Waals surface area contributed by atoms with Crippen LogP contribution in [0.3, 0.4) is 0 Å². The Balaban J connectivity index is 2.11. The molecule has 1 aromatic carbocycles. The van der Waals surface area contributed by atoms with Crippen LogP contribution < -0.4 is 10.2 Å². The van der Waals surface area contributed by atoms with Crippen molar-refractivity contribution >= 4 is 0 Å². The lowest BCUT2D eigenvalue weighted by Gasteiger charge is -2.23. The molecule has 0 aliphatic carbocycles. The lowest BCUT2D eigenvalue weighted by Crippen LogP contribution is -2.37. The molecule has 1 N–H and O–H groups in total. The summed E-state index contributed by atoms with van der Waals surface area (Å²) in [6.45, 7) is 4.32. The van der Waals surface area contributed by atoms with E-state index in [1.165, 1.54) is 5.56 Å². The minimum Gasteiger partial charge on any atom is -0.336 e. The Labute approximate surface area is 77.6 Å². The van der Waals surface area contributed by atoms with Crippen LogP contribution >= 0.6 is 0 Å². The molecular formula is C10H12NO2. The minimum atomic E-state index is -0.0765. The van der Waals surface area contributed by atoms with Crippen LogP contribution in [0.2, 0.25) is 0 Å². The summed E-state index contributed by atoms with van der Waals surface area (Å²) in [5.41, 5.74) is 1.17. The Morgan fingerprint density at radius 1 is 1.46 bits per heavy atom. The molecule has 0 saturated heterocycles. The van der Waals surface area contributed by atoms with E-state index in [-0.39, 0.29) is 6.23 Å². The van der Waals surface area contributed by atoms with E-state index in [1.54, 1.807) is 0 Å². The summed E-state index contributed by atoms with van der Waals surface area (Å²) in [4.78, 5) is 10.2. The first-order chi connectivity index (χ1) is 6.40. The molecule has 3 nitrogen and oxygen atoms in total. The summed E-state index contributed by atoms with van der Waals surface area (Å²) in [6, 6.07) is 7.86. The van der Waals surface area contributed by atoms with E-state index in [2.05, 4.69) is 12.2 Å². The quantitative estimate of drug-likeness (QED) is 0.692. The van der Waals surface area contributed by atoms with Crippen LogP contribution in [0.4, 0.5) is 0 Å². The molecule has 0 saturated carbocycles. The zero-order chi connectivity index (χ0) is 9.10. The largest absolute Gasteiger partial charge is 0.336 e. The summed E-state index contributed by atoms with van der Waals surface area (Å²) in [5, 5.41) is 3.07. The molecule has 1 radical (unpaired) electrons. The Kier molecular flexibility index (Phi) is 2.47. The van der Waals surface area contributed by atoms with Crippen molar-refractivity contribution in [3.63, 3.8) is 0 Å².